The van der Waals surface area contributed by atoms with Crippen LogP contribution in [0.3, 0.4) is 0 Å². The third kappa shape index (κ3) is 4.56. The Balaban J connectivity index is 2.71. The molecule has 0 aromatic carbocycles. The van der Waals surface area contributed by atoms with Crippen molar-refractivity contribution in [1.82, 2.24) is 4.98 Å². The Morgan fingerprint density at radius 1 is 1.69 bits per heavy atom. The maximum Gasteiger partial charge on any atom is 0.433 e. The van der Waals surface area contributed by atoms with E-state index in [1.54, 1.807) is 18.3 Å². The number of carbonyl (C=O) groups excluding carboxylic acids is 1. The van der Waals surface area contributed by atoms with Gasteiger partial charge in [0.2, 0.25) is 0 Å². The number of thioether (sulfide) groups is 1. The number of nitrogens with zero attached hydrogens (tertiary/aromatic N) is 2. The number of anilines is 1. The van der Waals surface area contributed by atoms with Crippen LogP contribution in [0.2, 0.25) is 0 Å². The molecule has 0 radical (unpaired) electrons. The number of carbonyl (C=O) groups is 2. The summed E-state index contributed by atoms with van der Waals surface area (Å²) in [5.74, 6) is 0.138. The first-order valence-electron chi connectivity index (χ1n) is 4.27. The van der Waals surface area contributed by atoms with E-state index in [9.17, 15) is 9.59 Å². The molecule has 7 heteroatoms. The van der Waals surface area contributed by atoms with Crippen molar-refractivity contribution < 1.29 is 14.7 Å². The van der Waals surface area contributed by atoms with Gasteiger partial charge in [-0.2, -0.15) is 4.99 Å². The summed E-state index contributed by atoms with van der Waals surface area (Å²) in [6, 6.07) is 3.41. The number of aldehydes is 1. The predicted octanol–water partition coefficient (Wildman–Crippen LogP) is 1.46. The third-order valence-electron chi connectivity index (χ3n) is 1.40. The fourth-order valence-electron chi connectivity index (χ4n) is 0.856. The summed E-state index contributed by atoms with van der Waals surface area (Å²) in [5, 5.41) is 11.4. The van der Waals surface area contributed by atoms with Gasteiger partial charge in [-0.1, -0.05) is 11.8 Å². The molecule has 16 heavy (non-hydrogen) atoms. The average Bonchev–Trinajstić information content (AvgIpc) is 2.26. The van der Waals surface area contributed by atoms with Gasteiger partial charge in [0.15, 0.2) is 5.17 Å². The van der Waals surface area contributed by atoms with Crippen molar-refractivity contribution in [2.45, 2.75) is 0 Å². The van der Waals surface area contributed by atoms with E-state index in [2.05, 4.69) is 15.3 Å². The Hall–Kier alpha value is -1.89. The van der Waals surface area contributed by atoms with Crippen LogP contribution in [0.15, 0.2) is 29.5 Å². The predicted molar refractivity (Wildman–Crippen MR) is 61.8 cm³/mol. The highest BCUT2D eigenvalue weighted by Gasteiger charge is 2.03. The molecule has 1 aromatic rings. The number of rotatable bonds is 3. The maximum absolute atomic E-state index is 10.4. The SMILES string of the molecule is O=CCS/C(=N\C(=O)O)Nc1cccnc1. The first-order chi connectivity index (χ1) is 7.72. The van der Waals surface area contributed by atoms with Crippen molar-refractivity contribution in [3.63, 3.8) is 0 Å². The fraction of sp³-hybridized carbons (Fsp3) is 0.111. The monoisotopic (exact) mass is 239 g/mol. The molecule has 2 N–H and O–H groups in total. The Bertz CT molecular complexity index is 394. The summed E-state index contributed by atoms with van der Waals surface area (Å²) in [7, 11) is 0. The lowest BCUT2D eigenvalue weighted by Crippen LogP contribution is -2.11. The molecule has 0 aliphatic rings. The summed E-state index contributed by atoms with van der Waals surface area (Å²) < 4.78 is 0. The zero-order chi connectivity index (χ0) is 11.8. The summed E-state index contributed by atoms with van der Waals surface area (Å²) in [5.41, 5.74) is 0.612. The van der Waals surface area contributed by atoms with E-state index < -0.39 is 6.09 Å². The van der Waals surface area contributed by atoms with Crippen LogP contribution in [-0.4, -0.2) is 33.4 Å². The topological polar surface area (TPSA) is 91.7 Å². The fourth-order valence-corrected chi connectivity index (χ4v) is 1.41. The number of aromatic nitrogens is 1. The summed E-state index contributed by atoms with van der Waals surface area (Å²) in [6.07, 6.45) is 2.48. The van der Waals surface area contributed by atoms with Crippen LogP contribution in [0.25, 0.3) is 0 Å². The number of aliphatic imine (C=N–C) groups is 1. The van der Waals surface area contributed by atoms with Crippen LogP contribution >= 0.6 is 11.8 Å². The molecule has 84 valence electrons. The molecule has 0 saturated carbocycles. The van der Waals surface area contributed by atoms with E-state index in [0.29, 0.717) is 12.0 Å². The van der Waals surface area contributed by atoms with Gasteiger partial charge in [0.25, 0.3) is 0 Å². The van der Waals surface area contributed by atoms with Crippen molar-refractivity contribution >= 4 is 35.0 Å². The molecule has 1 rings (SSSR count). The molecular formula is C9H9N3O3S. The van der Waals surface area contributed by atoms with Crippen molar-refractivity contribution in [2.75, 3.05) is 11.1 Å². The Morgan fingerprint density at radius 3 is 3.06 bits per heavy atom. The van der Waals surface area contributed by atoms with Crippen LogP contribution in [0.4, 0.5) is 10.5 Å². The standard InChI is InChI=1S/C9H9N3O3S/c13-4-5-16-8(12-9(14)15)11-7-2-1-3-10-6-7/h1-4,6H,5H2,(H,11,12)(H,14,15). The highest BCUT2D eigenvalue weighted by molar-refractivity contribution is 8.14. The van der Waals surface area contributed by atoms with Gasteiger partial charge in [0, 0.05) is 6.20 Å². The Labute approximate surface area is 95.8 Å². The zero-order valence-corrected chi connectivity index (χ0v) is 8.98. The molecule has 0 fully saturated rings. The first kappa shape index (κ1) is 12.2. The van der Waals surface area contributed by atoms with Gasteiger partial charge in [-0.3, -0.25) is 4.98 Å². The van der Waals surface area contributed by atoms with Crippen molar-refractivity contribution in [3.8, 4) is 0 Å². The molecule has 0 aliphatic heterocycles. The zero-order valence-electron chi connectivity index (χ0n) is 8.16. The van der Waals surface area contributed by atoms with Crippen LogP contribution in [0.5, 0.6) is 0 Å². The summed E-state index contributed by atoms with van der Waals surface area (Å²) in [4.78, 5) is 27.8. The van der Waals surface area contributed by atoms with Crippen LogP contribution in [-0.2, 0) is 4.79 Å². The second kappa shape index (κ2) is 6.57. The molecule has 0 atom stereocenters. The van der Waals surface area contributed by atoms with Gasteiger partial charge in [0.05, 0.1) is 17.6 Å². The summed E-state index contributed by atoms with van der Waals surface area (Å²) >= 11 is 1.01. The molecule has 6 nitrogen and oxygen atoms in total. The van der Waals surface area contributed by atoms with Gasteiger partial charge in [0.1, 0.15) is 6.29 Å². The molecule has 1 heterocycles. The molecule has 1 amide bonds. The number of pyridine rings is 1. The number of carboxylic acid groups (broad SMARTS) is 1. The minimum absolute atomic E-state index is 0.138. The Morgan fingerprint density at radius 2 is 2.50 bits per heavy atom. The second-order valence-electron chi connectivity index (χ2n) is 2.54. The second-order valence-corrected chi connectivity index (χ2v) is 3.55. The lowest BCUT2D eigenvalue weighted by atomic mass is 10.4. The molecule has 0 spiro atoms. The third-order valence-corrected chi connectivity index (χ3v) is 2.17. The minimum Gasteiger partial charge on any atom is -0.463 e. The molecule has 1 aromatic heterocycles. The van der Waals surface area contributed by atoms with Crippen LogP contribution < -0.4 is 5.32 Å². The van der Waals surface area contributed by atoms with E-state index in [-0.39, 0.29) is 10.9 Å². The smallest absolute Gasteiger partial charge is 0.433 e. The molecule has 0 saturated heterocycles. The van der Waals surface area contributed by atoms with Crippen LogP contribution in [0, 0.1) is 0 Å². The number of nitrogens with one attached hydrogen (secondary N) is 1. The van der Waals surface area contributed by atoms with Crippen LogP contribution in [0.1, 0.15) is 0 Å². The largest absolute Gasteiger partial charge is 0.463 e. The Kier molecular flexibility index (Phi) is 5.00. The van der Waals surface area contributed by atoms with E-state index in [1.165, 1.54) is 6.20 Å². The average molecular weight is 239 g/mol. The van der Waals surface area contributed by atoms with Crippen molar-refractivity contribution in [2.24, 2.45) is 4.99 Å². The van der Waals surface area contributed by atoms with Gasteiger partial charge in [-0.05, 0) is 12.1 Å². The maximum atomic E-state index is 10.4. The van der Waals surface area contributed by atoms with Gasteiger partial charge < -0.3 is 15.2 Å². The molecule has 0 aliphatic carbocycles. The van der Waals surface area contributed by atoms with Gasteiger partial charge >= 0.3 is 6.09 Å². The van der Waals surface area contributed by atoms with Crippen molar-refractivity contribution in [3.05, 3.63) is 24.5 Å². The number of hydrogen-bond donors (Lipinski definition) is 2. The molecular weight excluding hydrogens is 230 g/mol. The highest BCUT2D eigenvalue weighted by atomic mass is 32.2. The van der Waals surface area contributed by atoms with E-state index in [4.69, 9.17) is 5.11 Å². The van der Waals surface area contributed by atoms with E-state index >= 15 is 0 Å². The lowest BCUT2D eigenvalue weighted by Gasteiger charge is -2.05. The number of hydrogen-bond acceptors (Lipinski definition) is 4. The minimum atomic E-state index is -1.32. The first-order valence-corrected chi connectivity index (χ1v) is 5.26. The lowest BCUT2D eigenvalue weighted by molar-refractivity contribution is -0.105. The van der Waals surface area contributed by atoms with Gasteiger partial charge in [-0.15, -0.1) is 0 Å². The summed E-state index contributed by atoms with van der Waals surface area (Å²) in [6.45, 7) is 0. The normalized spacial score (nSPS) is 10.9. The number of amides is 1. The van der Waals surface area contributed by atoms with E-state index in [1.807, 2.05) is 0 Å². The number of amidine groups is 1. The quantitative estimate of drug-likeness (QED) is 0.471. The highest BCUT2D eigenvalue weighted by Crippen LogP contribution is 2.09. The van der Waals surface area contributed by atoms with Gasteiger partial charge in [-0.25, -0.2) is 4.79 Å². The molecule has 0 bridgehead atoms. The van der Waals surface area contributed by atoms with E-state index in [0.717, 1.165) is 11.8 Å². The van der Waals surface area contributed by atoms with Crippen molar-refractivity contribution in [1.29, 1.82) is 0 Å². The molecule has 0 unspecified atom stereocenters.